The molecule has 0 aromatic rings. The molecule has 4 heteroatoms. The van der Waals surface area contributed by atoms with Crippen molar-refractivity contribution in [2.75, 3.05) is 6.61 Å². The van der Waals surface area contributed by atoms with Crippen molar-refractivity contribution in [3.05, 3.63) is 72.9 Å². The zero-order valence-corrected chi connectivity index (χ0v) is 36.4. The first-order chi connectivity index (χ1) is 27.2. The molecule has 0 aromatic heterocycles. The zero-order valence-electron chi connectivity index (χ0n) is 36.4. The van der Waals surface area contributed by atoms with Gasteiger partial charge in [-0.25, -0.2) is 0 Å². The first kappa shape index (κ1) is 52.8. The number of aliphatic hydroxyl groups excluding tert-OH is 2. The fourth-order valence-electron chi connectivity index (χ4n) is 6.89. The van der Waals surface area contributed by atoms with E-state index in [1.54, 1.807) is 0 Å². The Bertz CT molecular complexity index is 961. The number of carbonyl (C=O) groups excluding carboxylic acids is 1. The van der Waals surface area contributed by atoms with E-state index in [4.69, 9.17) is 0 Å². The Morgan fingerprint density at radius 1 is 0.455 bits per heavy atom. The molecule has 0 spiro atoms. The molecule has 3 N–H and O–H groups in total. The monoisotopic (exact) mass is 766 g/mol. The second-order valence-electron chi connectivity index (χ2n) is 15.8. The van der Waals surface area contributed by atoms with E-state index >= 15 is 0 Å². The minimum atomic E-state index is -0.655. The van der Waals surface area contributed by atoms with Crippen LogP contribution in [0.1, 0.15) is 226 Å². The summed E-state index contributed by atoms with van der Waals surface area (Å²) in [4.78, 5) is 12.2. The highest BCUT2D eigenvalue weighted by atomic mass is 16.3. The number of rotatable bonds is 42. The SMILES string of the molecule is CC/C=C\C/C=C\C/C=C\C/C=C\C/C=C\C/C=C\CCCCCCCCCCCCCCCCCCCCCCC(=O)NC(CO)C(O)CCCCCC. The van der Waals surface area contributed by atoms with Gasteiger partial charge >= 0.3 is 0 Å². The molecule has 0 radical (unpaired) electrons. The van der Waals surface area contributed by atoms with Gasteiger partial charge in [0.15, 0.2) is 0 Å². The number of allylic oxidation sites excluding steroid dienone is 12. The van der Waals surface area contributed by atoms with Gasteiger partial charge in [0, 0.05) is 6.42 Å². The van der Waals surface area contributed by atoms with Gasteiger partial charge in [0.25, 0.3) is 0 Å². The lowest BCUT2D eigenvalue weighted by Gasteiger charge is -2.22. The molecule has 2 atom stereocenters. The number of amides is 1. The number of aliphatic hydroxyl groups is 2. The average Bonchev–Trinajstić information content (AvgIpc) is 3.19. The van der Waals surface area contributed by atoms with E-state index < -0.39 is 12.1 Å². The molecule has 55 heavy (non-hydrogen) atoms. The van der Waals surface area contributed by atoms with Crippen LogP contribution in [0.2, 0.25) is 0 Å². The summed E-state index contributed by atoms with van der Waals surface area (Å²) in [5.41, 5.74) is 0. The van der Waals surface area contributed by atoms with Crippen molar-refractivity contribution in [2.24, 2.45) is 0 Å². The molecule has 0 aliphatic carbocycles. The van der Waals surface area contributed by atoms with Gasteiger partial charge in [-0.2, -0.15) is 0 Å². The summed E-state index contributed by atoms with van der Waals surface area (Å²) in [6, 6.07) is -0.532. The van der Waals surface area contributed by atoms with Crippen LogP contribution < -0.4 is 5.32 Å². The maximum Gasteiger partial charge on any atom is 0.220 e. The predicted molar refractivity (Wildman–Crippen MR) is 244 cm³/mol. The minimum Gasteiger partial charge on any atom is -0.394 e. The molecule has 0 aliphatic rings. The number of carbonyl (C=O) groups is 1. The summed E-state index contributed by atoms with van der Waals surface area (Å²) >= 11 is 0. The van der Waals surface area contributed by atoms with Crippen LogP contribution in [0.3, 0.4) is 0 Å². The normalized spacial score (nSPS) is 13.6. The fourth-order valence-corrected chi connectivity index (χ4v) is 6.89. The average molecular weight is 766 g/mol. The van der Waals surface area contributed by atoms with Gasteiger partial charge < -0.3 is 15.5 Å². The van der Waals surface area contributed by atoms with Gasteiger partial charge in [-0.15, -0.1) is 0 Å². The molecular weight excluding hydrogens is 675 g/mol. The maximum atomic E-state index is 12.2. The van der Waals surface area contributed by atoms with Crippen LogP contribution >= 0.6 is 0 Å². The lowest BCUT2D eigenvalue weighted by Crippen LogP contribution is -2.45. The van der Waals surface area contributed by atoms with Crippen LogP contribution in [0, 0.1) is 0 Å². The smallest absolute Gasteiger partial charge is 0.220 e. The van der Waals surface area contributed by atoms with Gasteiger partial charge in [-0.05, 0) is 64.2 Å². The molecule has 0 saturated heterocycles. The lowest BCUT2D eigenvalue weighted by molar-refractivity contribution is -0.123. The largest absolute Gasteiger partial charge is 0.394 e. The summed E-state index contributed by atoms with van der Waals surface area (Å²) in [5, 5.41) is 22.7. The third-order valence-corrected chi connectivity index (χ3v) is 10.5. The van der Waals surface area contributed by atoms with Crippen molar-refractivity contribution >= 4 is 5.91 Å². The van der Waals surface area contributed by atoms with Gasteiger partial charge in [0.05, 0.1) is 18.8 Å². The van der Waals surface area contributed by atoms with E-state index in [0.29, 0.717) is 12.8 Å². The highest BCUT2D eigenvalue weighted by Crippen LogP contribution is 2.16. The molecule has 0 fully saturated rings. The van der Waals surface area contributed by atoms with Gasteiger partial charge in [-0.1, -0.05) is 228 Å². The molecular formula is C51H91NO3. The van der Waals surface area contributed by atoms with Gasteiger partial charge in [-0.3, -0.25) is 4.79 Å². The molecule has 0 rings (SSSR count). The highest BCUT2D eigenvalue weighted by molar-refractivity contribution is 5.76. The molecule has 318 valence electrons. The van der Waals surface area contributed by atoms with E-state index in [1.165, 1.54) is 128 Å². The third kappa shape index (κ3) is 42.8. The first-order valence-corrected chi connectivity index (χ1v) is 23.6. The summed E-state index contributed by atoms with van der Waals surface area (Å²) in [6.07, 6.45) is 66.3. The molecule has 0 bridgehead atoms. The summed E-state index contributed by atoms with van der Waals surface area (Å²) < 4.78 is 0. The van der Waals surface area contributed by atoms with Crippen LogP contribution in [-0.4, -0.2) is 34.9 Å². The second-order valence-corrected chi connectivity index (χ2v) is 15.8. The molecule has 0 aliphatic heterocycles. The Labute approximate surface area is 342 Å². The number of nitrogens with one attached hydrogen (secondary N) is 1. The Morgan fingerprint density at radius 2 is 0.800 bits per heavy atom. The van der Waals surface area contributed by atoms with Gasteiger partial charge in [0.1, 0.15) is 0 Å². The van der Waals surface area contributed by atoms with E-state index in [9.17, 15) is 15.0 Å². The van der Waals surface area contributed by atoms with Crippen molar-refractivity contribution in [2.45, 2.75) is 238 Å². The Morgan fingerprint density at radius 3 is 1.18 bits per heavy atom. The quantitative estimate of drug-likeness (QED) is 0.0428. The number of hydrogen-bond donors (Lipinski definition) is 3. The molecule has 2 unspecified atom stereocenters. The Hall–Kier alpha value is -2.17. The van der Waals surface area contributed by atoms with Crippen LogP contribution in [0.5, 0.6) is 0 Å². The Balaban J connectivity index is 3.37. The second kappa shape index (κ2) is 46.2. The third-order valence-electron chi connectivity index (χ3n) is 10.5. The van der Waals surface area contributed by atoms with Crippen molar-refractivity contribution in [3.63, 3.8) is 0 Å². The Kier molecular flexibility index (Phi) is 44.4. The zero-order chi connectivity index (χ0) is 40.0. The number of unbranched alkanes of at least 4 members (excludes halogenated alkanes) is 23. The molecule has 0 saturated carbocycles. The van der Waals surface area contributed by atoms with Gasteiger partial charge in [0.2, 0.25) is 5.91 Å². The van der Waals surface area contributed by atoms with Crippen molar-refractivity contribution in [3.8, 4) is 0 Å². The highest BCUT2D eigenvalue weighted by Gasteiger charge is 2.19. The summed E-state index contributed by atoms with van der Waals surface area (Å²) in [6.45, 7) is 4.13. The van der Waals surface area contributed by atoms with E-state index in [-0.39, 0.29) is 12.5 Å². The van der Waals surface area contributed by atoms with E-state index in [1.807, 2.05) is 0 Å². The van der Waals surface area contributed by atoms with E-state index in [2.05, 4.69) is 92.1 Å². The van der Waals surface area contributed by atoms with Crippen LogP contribution in [0.15, 0.2) is 72.9 Å². The van der Waals surface area contributed by atoms with Crippen LogP contribution in [-0.2, 0) is 4.79 Å². The predicted octanol–water partition coefficient (Wildman–Crippen LogP) is 15.1. The topological polar surface area (TPSA) is 69.6 Å². The lowest BCUT2D eigenvalue weighted by atomic mass is 10.0. The molecule has 0 heterocycles. The van der Waals surface area contributed by atoms with Crippen LogP contribution in [0.25, 0.3) is 0 Å². The minimum absolute atomic E-state index is 0.0404. The summed E-state index contributed by atoms with van der Waals surface area (Å²) in [5.74, 6) is -0.0404. The number of hydrogen-bond acceptors (Lipinski definition) is 3. The molecule has 1 amide bonds. The van der Waals surface area contributed by atoms with Crippen molar-refractivity contribution in [1.29, 1.82) is 0 Å². The van der Waals surface area contributed by atoms with Crippen molar-refractivity contribution < 1.29 is 15.0 Å². The summed E-state index contributed by atoms with van der Waals surface area (Å²) in [7, 11) is 0. The van der Waals surface area contributed by atoms with Crippen LogP contribution in [0.4, 0.5) is 0 Å². The molecule has 4 nitrogen and oxygen atoms in total. The van der Waals surface area contributed by atoms with Crippen molar-refractivity contribution in [1.82, 2.24) is 5.32 Å². The molecule has 0 aromatic carbocycles. The fraction of sp³-hybridized carbons (Fsp3) is 0.745. The maximum absolute atomic E-state index is 12.2. The standard InChI is InChI=1S/C51H91NO3/c1-3-5-7-9-10-11-12-13-14-15-16-17-18-19-20-21-22-23-24-25-26-27-28-29-30-31-32-33-34-35-36-37-38-39-40-41-42-43-45-47-51(55)52-49(48-53)50(54)46-44-8-6-4-2/h5,7,10-11,13-14,16-17,19-20,22-23,49-50,53-54H,3-4,6,8-9,12,15,18,21,24-48H2,1-2H3,(H,52,55)/b7-5-,11-10-,14-13-,17-16-,20-19-,23-22-. The van der Waals surface area contributed by atoms with E-state index in [0.717, 1.165) is 70.6 Å². The first-order valence-electron chi connectivity index (χ1n) is 23.6.